The number of halogens is 1. The molecule has 2 heterocycles. The molecule has 0 radical (unpaired) electrons. The Hall–Kier alpha value is -4.02. The summed E-state index contributed by atoms with van der Waals surface area (Å²) in [5.41, 5.74) is 0.646. The number of carbonyl (C=O) groups is 2. The highest BCUT2D eigenvalue weighted by Crippen LogP contribution is 2.32. The summed E-state index contributed by atoms with van der Waals surface area (Å²) in [5, 5.41) is 5.64. The van der Waals surface area contributed by atoms with Gasteiger partial charge in [0, 0.05) is 24.0 Å². The van der Waals surface area contributed by atoms with Gasteiger partial charge < -0.3 is 15.1 Å². The SMILES string of the molecule is O=C(Nc1c(C(=O)Nc2ccccc2F)oc2ccccc12)c1ccc(S(=O)(=O)N2CCCC2)cc1. The molecule has 1 aliphatic rings. The largest absolute Gasteiger partial charge is 0.449 e. The van der Waals surface area contributed by atoms with E-state index in [9.17, 15) is 22.4 Å². The van der Waals surface area contributed by atoms with Crippen molar-refractivity contribution in [2.24, 2.45) is 0 Å². The van der Waals surface area contributed by atoms with Gasteiger partial charge in [-0.25, -0.2) is 12.8 Å². The van der Waals surface area contributed by atoms with Crippen LogP contribution in [0.2, 0.25) is 0 Å². The highest BCUT2D eigenvalue weighted by Gasteiger charge is 2.28. The molecule has 0 aliphatic carbocycles. The van der Waals surface area contributed by atoms with Crippen LogP contribution in [0.5, 0.6) is 0 Å². The smallest absolute Gasteiger partial charge is 0.293 e. The molecule has 3 aromatic carbocycles. The van der Waals surface area contributed by atoms with Gasteiger partial charge in [-0.15, -0.1) is 0 Å². The van der Waals surface area contributed by atoms with Crippen LogP contribution in [0.1, 0.15) is 33.8 Å². The fraction of sp³-hybridized carbons (Fsp3) is 0.154. The molecule has 2 N–H and O–H groups in total. The lowest BCUT2D eigenvalue weighted by molar-refractivity contribution is 0.0999. The number of hydrogen-bond donors (Lipinski definition) is 2. The summed E-state index contributed by atoms with van der Waals surface area (Å²) in [7, 11) is -3.61. The van der Waals surface area contributed by atoms with Crippen molar-refractivity contribution in [1.29, 1.82) is 0 Å². The maximum absolute atomic E-state index is 14.1. The summed E-state index contributed by atoms with van der Waals surface area (Å²) in [5.74, 6) is -2.11. The van der Waals surface area contributed by atoms with Crippen molar-refractivity contribution >= 4 is 44.2 Å². The average molecular weight is 508 g/mol. The van der Waals surface area contributed by atoms with Gasteiger partial charge >= 0.3 is 0 Å². The topological polar surface area (TPSA) is 109 Å². The molecule has 1 saturated heterocycles. The first-order chi connectivity index (χ1) is 17.3. The Bertz CT molecular complexity index is 1560. The van der Waals surface area contributed by atoms with Gasteiger partial charge in [-0.2, -0.15) is 4.31 Å². The van der Waals surface area contributed by atoms with Crippen molar-refractivity contribution in [3.8, 4) is 0 Å². The highest BCUT2D eigenvalue weighted by molar-refractivity contribution is 7.89. The number of para-hydroxylation sites is 2. The number of nitrogens with zero attached hydrogens (tertiary/aromatic N) is 1. The Kier molecular flexibility index (Phi) is 6.29. The van der Waals surface area contributed by atoms with E-state index in [0.717, 1.165) is 12.8 Å². The summed E-state index contributed by atoms with van der Waals surface area (Å²) in [4.78, 5) is 26.1. The van der Waals surface area contributed by atoms with Gasteiger partial charge in [-0.1, -0.05) is 24.3 Å². The van der Waals surface area contributed by atoms with Crippen LogP contribution in [-0.4, -0.2) is 37.6 Å². The molecule has 5 rings (SSSR count). The van der Waals surface area contributed by atoms with Gasteiger partial charge in [0.25, 0.3) is 11.8 Å². The van der Waals surface area contributed by atoms with E-state index in [1.165, 1.54) is 46.8 Å². The molecule has 0 atom stereocenters. The fourth-order valence-electron chi connectivity index (χ4n) is 4.11. The van der Waals surface area contributed by atoms with Gasteiger partial charge in [0.05, 0.1) is 10.6 Å². The molecule has 8 nitrogen and oxygen atoms in total. The molecule has 1 aliphatic heterocycles. The molecule has 0 saturated carbocycles. The Morgan fingerprint density at radius 2 is 1.50 bits per heavy atom. The number of rotatable bonds is 6. The average Bonchev–Trinajstić information content (AvgIpc) is 3.55. The number of amides is 2. The molecule has 10 heteroatoms. The number of furan rings is 1. The van der Waals surface area contributed by atoms with Crippen LogP contribution in [0.25, 0.3) is 11.0 Å². The van der Waals surface area contributed by atoms with Crippen molar-refractivity contribution in [1.82, 2.24) is 4.31 Å². The van der Waals surface area contributed by atoms with Crippen LogP contribution in [0, 0.1) is 5.82 Å². The zero-order chi connectivity index (χ0) is 25.3. The predicted molar refractivity (Wildman–Crippen MR) is 133 cm³/mol. The number of carbonyl (C=O) groups excluding carboxylic acids is 2. The van der Waals surface area contributed by atoms with E-state index in [1.807, 2.05) is 0 Å². The number of fused-ring (bicyclic) bond motifs is 1. The predicted octanol–water partition coefficient (Wildman–Crippen LogP) is 4.86. The molecule has 2 amide bonds. The van der Waals surface area contributed by atoms with Crippen LogP contribution < -0.4 is 10.6 Å². The molecule has 4 aromatic rings. The van der Waals surface area contributed by atoms with Gasteiger partial charge in [0.15, 0.2) is 0 Å². The second kappa shape index (κ2) is 9.56. The van der Waals surface area contributed by atoms with Gasteiger partial charge in [0.1, 0.15) is 17.1 Å². The maximum atomic E-state index is 14.1. The highest BCUT2D eigenvalue weighted by atomic mass is 32.2. The summed E-state index contributed by atoms with van der Waals surface area (Å²) in [6.07, 6.45) is 1.65. The maximum Gasteiger partial charge on any atom is 0.293 e. The van der Waals surface area contributed by atoms with E-state index in [4.69, 9.17) is 4.42 Å². The first-order valence-corrected chi connectivity index (χ1v) is 12.8. The Balaban J connectivity index is 1.42. The Morgan fingerprint density at radius 1 is 0.833 bits per heavy atom. The molecule has 36 heavy (non-hydrogen) atoms. The van der Waals surface area contributed by atoms with E-state index in [-0.39, 0.29) is 27.6 Å². The third-order valence-corrected chi connectivity index (χ3v) is 7.89. The van der Waals surface area contributed by atoms with Gasteiger partial charge in [-0.05, 0) is 61.4 Å². The Labute approximate surface area is 206 Å². The van der Waals surface area contributed by atoms with Crippen LogP contribution >= 0.6 is 0 Å². The summed E-state index contributed by atoms with van der Waals surface area (Å²) in [6.45, 7) is 0.964. The van der Waals surface area contributed by atoms with E-state index < -0.39 is 27.7 Å². The van der Waals surface area contributed by atoms with Gasteiger partial charge in [0.2, 0.25) is 15.8 Å². The minimum absolute atomic E-state index is 0.0324. The van der Waals surface area contributed by atoms with Crippen LogP contribution in [0.15, 0.2) is 82.1 Å². The zero-order valence-electron chi connectivity index (χ0n) is 19.0. The van der Waals surface area contributed by atoms with Crippen molar-refractivity contribution in [3.05, 3.63) is 89.9 Å². The van der Waals surface area contributed by atoms with Crippen molar-refractivity contribution in [2.75, 3.05) is 23.7 Å². The van der Waals surface area contributed by atoms with Crippen molar-refractivity contribution < 1.29 is 26.8 Å². The lowest BCUT2D eigenvalue weighted by Gasteiger charge is -2.15. The monoisotopic (exact) mass is 507 g/mol. The first kappa shape index (κ1) is 23.7. The molecule has 1 fully saturated rings. The second-order valence-corrected chi connectivity index (χ2v) is 10.3. The molecule has 0 bridgehead atoms. The van der Waals surface area contributed by atoms with Crippen LogP contribution in [0.4, 0.5) is 15.8 Å². The summed E-state index contributed by atoms with van der Waals surface area (Å²) in [6, 6.07) is 18.1. The Morgan fingerprint density at radius 3 is 2.22 bits per heavy atom. The standard InChI is InChI=1S/C26H22FN3O5S/c27-20-8-2-3-9-21(20)28-26(32)24-23(19-7-1-4-10-22(19)35-24)29-25(31)17-11-13-18(14-12-17)36(33,34)30-15-5-6-16-30/h1-4,7-14H,5-6,15-16H2,(H,28,32)(H,29,31). The molecule has 1 aromatic heterocycles. The van der Waals surface area contributed by atoms with Crippen LogP contribution in [0.3, 0.4) is 0 Å². The van der Waals surface area contributed by atoms with Gasteiger partial charge in [-0.3, -0.25) is 9.59 Å². The summed E-state index contributed by atoms with van der Waals surface area (Å²) < 4.78 is 46.7. The second-order valence-electron chi connectivity index (χ2n) is 8.33. The number of benzene rings is 3. The number of sulfonamides is 1. The quantitative estimate of drug-likeness (QED) is 0.387. The minimum atomic E-state index is -3.61. The number of nitrogens with one attached hydrogen (secondary N) is 2. The third-order valence-electron chi connectivity index (χ3n) is 5.98. The molecule has 0 unspecified atom stereocenters. The zero-order valence-corrected chi connectivity index (χ0v) is 19.8. The number of hydrogen-bond acceptors (Lipinski definition) is 5. The van der Waals surface area contributed by atoms with Crippen molar-refractivity contribution in [2.45, 2.75) is 17.7 Å². The minimum Gasteiger partial charge on any atom is -0.449 e. The third kappa shape index (κ3) is 4.48. The van der Waals surface area contributed by atoms with E-state index >= 15 is 0 Å². The molecule has 0 spiro atoms. The summed E-state index contributed by atoms with van der Waals surface area (Å²) >= 11 is 0. The molecular weight excluding hydrogens is 485 g/mol. The lowest BCUT2D eigenvalue weighted by Crippen LogP contribution is -2.27. The van der Waals surface area contributed by atoms with Crippen molar-refractivity contribution in [3.63, 3.8) is 0 Å². The van der Waals surface area contributed by atoms with Crippen LogP contribution in [-0.2, 0) is 10.0 Å². The molecule has 184 valence electrons. The number of anilines is 2. The van der Waals surface area contributed by atoms with E-state index in [0.29, 0.717) is 24.1 Å². The molecular formula is C26H22FN3O5S. The first-order valence-electron chi connectivity index (χ1n) is 11.3. The van der Waals surface area contributed by atoms with E-state index in [2.05, 4.69) is 10.6 Å². The fourth-order valence-corrected chi connectivity index (χ4v) is 5.63. The van der Waals surface area contributed by atoms with E-state index in [1.54, 1.807) is 30.3 Å². The lowest BCUT2D eigenvalue weighted by atomic mass is 10.1. The normalized spacial score (nSPS) is 14.1.